The molecule has 6 rings (SSSR count). The summed E-state index contributed by atoms with van der Waals surface area (Å²) in [5, 5.41) is 3.70. The molecule has 0 saturated carbocycles. The van der Waals surface area contributed by atoms with Gasteiger partial charge in [0.05, 0.1) is 30.0 Å². The Bertz CT molecular complexity index is 1470. The Morgan fingerprint density at radius 3 is 2.47 bits per heavy atom. The first-order chi connectivity index (χ1) is 21.3. The number of pyridine rings is 1. The zero-order chi connectivity index (χ0) is 31.9. The van der Waals surface area contributed by atoms with Gasteiger partial charge >= 0.3 is 6.09 Å². The number of morpholine rings is 1. The monoisotopic (exact) mass is 631 g/mol. The van der Waals surface area contributed by atoms with Gasteiger partial charge in [0.15, 0.2) is 5.75 Å². The van der Waals surface area contributed by atoms with Crippen molar-refractivity contribution in [2.24, 2.45) is 0 Å². The highest BCUT2D eigenvalue weighted by Crippen LogP contribution is 2.45. The Kier molecular flexibility index (Phi) is 8.81. The van der Waals surface area contributed by atoms with Crippen molar-refractivity contribution in [3.8, 4) is 17.2 Å². The fourth-order valence-corrected chi connectivity index (χ4v) is 7.13. The molecule has 1 aromatic heterocycles. The highest BCUT2D eigenvalue weighted by atomic mass is 28.3. The van der Waals surface area contributed by atoms with E-state index < -0.39 is 13.7 Å². The van der Waals surface area contributed by atoms with E-state index in [1.54, 1.807) is 0 Å². The van der Waals surface area contributed by atoms with Crippen LogP contribution in [-0.4, -0.2) is 93.1 Å². The molecule has 10 heteroatoms. The second-order valence-electron chi connectivity index (χ2n) is 14.9. The lowest BCUT2D eigenvalue weighted by Crippen LogP contribution is -2.62. The van der Waals surface area contributed by atoms with Crippen LogP contribution in [0, 0.1) is 11.5 Å². The number of fused-ring (bicyclic) bond motifs is 2. The maximum absolute atomic E-state index is 12.4. The summed E-state index contributed by atoms with van der Waals surface area (Å²) in [6.07, 6.45) is 3.63. The van der Waals surface area contributed by atoms with Gasteiger partial charge in [0, 0.05) is 44.1 Å². The number of carbonyl (C=O) groups is 1. The van der Waals surface area contributed by atoms with Crippen LogP contribution in [0.1, 0.15) is 69.2 Å². The van der Waals surface area contributed by atoms with Crippen LogP contribution in [-0.2, 0) is 9.47 Å². The molecule has 3 saturated heterocycles. The summed E-state index contributed by atoms with van der Waals surface area (Å²) in [6.45, 7) is 21.4. The van der Waals surface area contributed by atoms with Crippen molar-refractivity contribution in [2.45, 2.75) is 83.8 Å². The van der Waals surface area contributed by atoms with Crippen molar-refractivity contribution >= 4 is 31.4 Å². The van der Waals surface area contributed by atoms with Gasteiger partial charge < -0.3 is 29.3 Å². The molecule has 9 nitrogen and oxygen atoms in total. The first-order valence-corrected chi connectivity index (χ1v) is 20.0. The maximum atomic E-state index is 12.4. The molecule has 5 heterocycles. The number of amides is 1. The lowest BCUT2D eigenvalue weighted by atomic mass is 9.87. The molecule has 1 atom stereocenters. The molecule has 0 spiro atoms. The molecule has 45 heavy (non-hydrogen) atoms. The number of aromatic nitrogens is 1. The van der Waals surface area contributed by atoms with Crippen molar-refractivity contribution in [1.29, 1.82) is 0 Å². The van der Waals surface area contributed by atoms with Crippen LogP contribution in [0.5, 0.6) is 5.75 Å². The molecule has 1 aromatic carbocycles. The fraction of sp³-hybridized carbons (Fsp3) is 0.600. The number of hydrogen-bond acceptors (Lipinski definition) is 8. The third kappa shape index (κ3) is 7.26. The predicted molar refractivity (Wildman–Crippen MR) is 181 cm³/mol. The normalized spacial score (nSPS) is 21.3. The van der Waals surface area contributed by atoms with E-state index in [2.05, 4.69) is 71.3 Å². The van der Waals surface area contributed by atoms with E-state index in [9.17, 15) is 4.79 Å². The molecule has 1 N–H and O–H groups in total. The zero-order valence-electron chi connectivity index (χ0n) is 28.0. The Balaban J connectivity index is 1.22. The number of piperidine rings is 1. The minimum absolute atomic E-state index is 0.190. The average Bonchev–Trinajstić information content (AvgIpc) is 3.10. The summed E-state index contributed by atoms with van der Waals surface area (Å²) >= 11 is 0. The van der Waals surface area contributed by atoms with E-state index in [1.807, 2.05) is 31.9 Å². The largest absolute Gasteiger partial charge is 0.482 e. The van der Waals surface area contributed by atoms with Gasteiger partial charge in [-0.05, 0) is 83.3 Å². The van der Waals surface area contributed by atoms with Crippen molar-refractivity contribution in [3.63, 3.8) is 0 Å². The minimum Gasteiger partial charge on any atom is -0.482 e. The molecule has 3 fully saturated rings. The van der Waals surface area contributed by atoms with Gasteiger partial charge in [-0.2, -0.15) is 0 Å². The van der Waals surface area contributed by atoms with Gasteiger partial charge in [0.25, 0.3) is 0 Å². The van der Waals surface area contributed by atoms with Gasteiger partial charge in [-0.15, -0.1) is 5.54 Å². The lowest BCUT2D eigenvalue weighted by molar-refractivity contribution is -0.0196. The van der Waals surface area contributed by atoms with Crippen LogP contribution in [0.25, 0.3) is 0 Å². The van der Waals surface area contributed by atoms with Crippen LogP contribution in [0.4, 0.5) is 22.0 Å². The summed E-state index contributed by atoms with van der Waals surface area (Å²) < 4.78 is 18.0. The Morgan fingerprint density at radius 1 is 1.09 bits per heavy atom. The number of nitrogens with one attached hydrogen (secondary N) is 1. The zero-order valence-corrected chi connectivity index (χ0v) is 29.0. The fourth-order valence-electron chi connectivity index (χ4n) is 6.62. The molecule has 242 valence electrons. The minimum atomic E-state index is -1.63. The number of rotatable bonds is 3. The standard InChI is InChI=1S/C35H49N5O4Si/c1-24-31-30(39-15-17-42-18-16-39)8-12-36-33(31)37-29-21-27(20-26(32(29)43-24)11-19-45(5,6)7)25-9-13-38(14-10-25)28-22-40(23-28)34(41)44-35(2,3)4/h8,12,20-21,24-25,28H,9-10,13-18,22-23H2,1-7H3,(H,36,37). The molecule has 0 bridgehead atoms. The Morgan fingerprint density at radius 2 is 1.80 bits per heavy atom. The third-order valence-corrected chi connectivity index (χ3v) is 9.86. The first kappa shape index (κ1) is 31.7. The van der Waals surface area contributed by atoms with Crippen LogP contribution in [0.3, 0.4) is 0 Å². The second-order valence-corrected chi connectivity index (χ2v) is 19.6. The second kappa shape index (κ2) is 12.5. The summed E-state index contributed by atoms with van der Waals surface area (Å²) in [5.41, 5.74) is 8.56. The molecule has 0 aliphatic carbocycles. The van der Waals surface area contributed by atoms with E-state index in [0.717, 1.165) is 99.4 Å². The van der Waals surface area contributed by atoms with E-state index in [-0.39, 0.29) is 12.2 Å². The molecule has 1 unspecified atom stereocenters. The topological polar surface area (TPSA) is 79.4 Å². The number of anilines is 3. The van der Waals surface area contributed by atoms with Crippen molar-refractivity contribution in [3.05, 3.63) is 41.1 Å². The van der Waals surface area contributed by atoms with Crippen LogP contribution in [0.15, 0.2) is 24.4 Å². The Hall–Kier alpha value is -3.26. The van der Waals surface area contributed by atoms with Gasteiger partial charge in [0.2, 0.25) is 0 Å². The SMILES string of the molecule is CC1Oc2c(C#C[Si](C)(C)C)cc(C3CCN(C4CN(C(=O)OC(C)(C)C)C4)CC3)cc2Nc2nccc(N3CCOCC3)c21. The highest BCUT2D eigenvalue weighted by Gasteiger charge is 2.38. The maximum Gasteiger partial charge on any atom is 0.410 e. The van der Waals surface area contributed by atoms with Crippen molar-refractivity contribution in [1.82, 2.24) is 14.8 Å². The number of likely N-dealkylation sites (tertiary alicyclic amines) is 2. The van der Waals surface area contributed by atoms with Gasteiger partial charge in [0.1, 0.15) is 25.6 Å². The summed E-state index contributed by atoms with van der Waals surface area (Å²) in [5.74, 6) is 5.65. The van der Waals surface area contributed by atoms with Crippen molar-refractivity contribution < 1.29 is 19.0 Å². The van der Waals surface area contributed by atoms with E-state index in [1.165, 1.54) is 5.56 Å². The first-order valence-electron chi connectivity index (χ1n) is 16.5. The predicted octanol–water partition coefficient (Wildman–Crippen LogP) is 6.14. The smallest absolute Gasteiger partial charge is 0.410 e. The molecular weight excluding hydrogens is 583 g/mol. The number of benzene rings is 1. The third-order valence-electron chi connectivity index (χ3n) is 8.99. The number of hydrogen-bond donors (Lipinski definition) is 1. The average molecular weight is 632 g/mol. The Labute approximate surface area is 269 Å². The van der Waals surface area contributed by atoms with Gasteiger partial charge in [-0.3, -0.25) is 4.90 Å². The van der Waals surface area contributed by atoms with Gasteiger partial charge in [-0.1, -0.05) is 25.6 Å². The molecule has 0 radical (unpaired) electrons. The van der Waals surface area contributed by atoms with Crippen LogP contribution < -0.4 is 15.0 Å². The molecule has 4 aliphatic heterocycles. The summed E-state index contributed by atoms with van der Waals surface area (Å²) in [6, 6.07) is 7.05. The summed E-state index contributed by atoms with van der Waals surface area (Å²) in [7, 11) is -1.63. The van der Waals surface area contributed by atoms with Gasteiger partial charge in [-0.25, -0.2) is 9.78 Å². The van der Waals surface area contributed by atoms with Crippen LogP contribution in [0.2, 0.25) is 19.6 Å². The van der Waals surface area contributed by atoms with E-state index >= 15 is 0 Å². The van der Waals surface area contributed by atoms with E-state index in [0.29, 0.717) is 12.0 Å². The molecular formula is C35H49N5O4Si. The number of nitrogens with zero attached hydrogens (tertiary/aromatic N) is 4. The number of carbonyl (C=O) groups excluding carboxylic acids is 1. The summed E-state index contributed by atoms with van der Waals surface area (Å²) in [4.78, 5) is 24.0. The lowest BCUT2D eigenvalue weighted by Gasteiger charge is -2.47. The van der Waals surface area contributed by atoms with Crippen molar-refractivity contribution in [2.75, 3.05) is 62.7 Å². The van der Waals surface area contributed by atoms with Crippen LogP contribution >= 0.6 is 0 Å². The van der Waals surface area contributed by atoms with E-state index in [4.69, 9.17) is 19.2 Å². The molecule has 4 aliphatic rings. The quantitative estimate of drug-likeness (QED) is 0.320. The molecule has 2 aromatic rings. The number of ether oxygens (including phenoxy) is 3. The molecule has 1 amide bonds. The highest BCUT2D eigenvalue weighted by molar-refractivity contribution is 6.83.